The van der Waals surface area contributed by atoms with E-state index in [1.54, 1.807) is 0 Å². The van der Waals surface area contributed by atoms with Crippen LogP contribution < -0.4 is 5.46 Å². The maximum Gasteiger partial charge on any atom is 0.494 e. The Balaban J connectivity index is 1.67. The van der Waals surface area contributed by atoms with Crippen molar-refractivity contribution in [3.05, 3.63) is 29.3 Å². The van der Waals surface area contributed by atoms with Crippen molar-refractivity contribution in [2.24, 2.45) is 0 Å². The highest BCUT2D eigenvalue weighted by Gasteiger charge is 2.52. The van der Waals surface area contributed by atoms with Crippen LogP contribution in [0.15, 0.2) is 18.2 Å². The zero-order chi connectivity index (χ0) is 15.5. The average molecular weight is 298 g/mol. The largest absolute Gasteiger partial charge is 0.494 e. The fourth-order valence-corrected chi connectivity index (χ4v) is 3.45. The van der Waals surface area contributed by atoms with E-state index in [0.29, 0.717) is 0 Å². The Morgan fingerprint density at radius 1 is 0.818 bits per heavy atom. The average Bonchev–Trinajstić information content (AvgIpc) is 3.15. The minimum Gasteiger partial charge on any atom is -0.399 e. The first-order valence-corrected chi connectivity index (χ1v) is 8.86. The molecule has 0 spiro atoms. The quantitative estimate of drug-likeness (QED) is 0.781. The summed E-state index contributed by atoms with van der Waals surface area (Å²) < 4.78 is 12.5. The molecular formula is C19H27BO2. The molecule has 0 radical (unpaired) electrons. The lowest BCUT2D eigenvalue weighted by atomic mass is 9.73. The summed E-state index contributed by atoms with van der Waals surface area (Å²) >= 11 is 0. The molecule has 1 aliphatic heterocycles. The lowest BCUT2D eigenvalue weighted by molar-refractivity contribution is 0.00578. The van der Waals surface area contributed by atoms with Crippen molar-refractivity contribution in [2.75, 3.05) is 0 Å². The van der Waals surface area contributed by atoms with Crippen LogP contribution in [0, 0.1) is 0 Å². The summed E-state index contributed by atoms with van der Waals surface area (Å²) in [6.07, 6.45) is 6.76. The van der Waals surface area contributed by atoms with Crippen LogP contribution in [-0.4, -0.2) is 18.3 Å². The van der Waals surface area contributed by atoms with Crippen molar-refractivity contribution in [2.45, 2.75) is 82.8 Å². The molecule has 1 aromatic carbocycles. The van der Waals surface area contributed by atoms with Gasteiger partial charge >= 0.3 is 7.12 Å². The van der Waals surface area contributed by atoms with Crippen molar-refractivity contribution in [3.8, 4) is 0 Å². The number of hydrogen-bond acceptors (Lipinski definition) is 2. The van der Waals surface area contributed by atoms with Gasteiger partial charge in [0.05, 0.1) is 11.2 Å². The molecule has 3 aliphatic rings. The smallest absolute Gasteiger partial charge is 0.399 e. The lowest BCUT2D eigenvalue weighted by Gasteiger charge is -2.32. The van der Waals surface area contributed by atoms with Crippen LogP contribution in [0.4, 0.5) is 0 Å². The van der Waals surface area contributed by atoms with Crippen LogP contribution >= 0.6 is 0 Å². The summed E-state index contributed by atoms with van der Waals surface area (Å²) in [5.41, 5.74) is 3.73. The van der Waals surface area contributed by atoms with Crippen LogP contribution in [0.25, 0.3) is 0 Å². The molecule has 2 nitrogen and oxygen atoms in total. The van der Waals surface area contributed by atoms with Crippen molar-refractivity contribution < 1.29 is 9.31 Å². The van der Waals surface area contributed by atoms with Gasteiger partial charge in [-0.2, -0.15) is 0 Å². The van der Waals surface area contributed by atoms with Gasteiger partial charge in [-0.15, -0.1) is 0 Å². The highest BCUT2D eigenvalue weighted by atomic mass is 16.7. The Hall–Kier alpha value is -0.795. The van der Waals surface area contributed by atoms with E-state index >= 15 is 0 Å². The molecule has 0 atom stereocenters. The topological polar surface area (TPSA) is 18.5 Å². The van der Waals surface area contributed by atoms with Gasteiger partial charge < -0.3 is 9.31 Å². The molecule has 0 amide bonds. The van der Waals surface area contributed by atoms with Crippen LogP contribution in [0.5, 0.6) is 0 Å². The summed E-state index contributed by atoms with van der Waals surface area (Å²) in [5.74, 6) is 1.54. The van der Waals surface area contributed by atoms with Crippen molar-refractivity contribution in [1.29, 1.82) is 0 Å². The predicted octanol–water partition coefficient (Wildman–Crippen LogP) is 4.13. The molecule has 3 fully saturated rings. The fourth-order valence-electron chi connectivity index (χ4n) is 3.45. The van der Waals surface area contributed by atoms with E-state index in [4.69, 9.17) is 9.31 Å². The Morgan fingerprint density at radius 3 is 1.73 bits per heavy atom. The SMILES string of the molecule is CC1(C)OB(c2cc(C3CCC3)cc(C3CC3)c2)OC1(C)C. The molecule has 2 aliphatic carbocycles. The molecule has 118 valence electrons. The van der Waals surface area contributed by atoms with Gasteiger partial charge in [0.1, 0.15) is 0 Å². The van der Waals surface area contributed by atoms with E-state index < -0.39 is 0 Å². The van der Waals surface area contributed by atoms with Crippen LogP contribution in [0.3, 0.4) is 0 Å². The van der Waals surface area contributed by atoms with Gasteiger partial charge in [-0.3, -0.25) is 0 Å². The minimum absolute atomic E-state index is 0.220. The first kappa shape index (κ1) is 14.8. The van der Waals surface area contributed by atoms with Gasteiger partial charge in [-0.05, 0) is 81.8 Å². The molecule has 1 aromatic rings. The van der Waals surface area contributed by atoms with Gasteiger partial charge in [0, 0.05) is 0 Å². The first-order valence-electron chi connectivity index (χ1n) is 8.86. The third-order valence-electron chi connectivity index (χ3n) is 6.15. The normalized spacial score (nSPS) is 27.0. The van der Waals surface area contributed by atoms with Gasteiger partial charge in [-0.1, -0.05) is 24.6 Å². The van der Waals surface area contributed by atoms with Crippen molar-refractivity contribution >= 4 is 12.6 Å². The number of rotatable bonds is 3. The zero-order valence-electron chi connectivity index (χ0n) is 14.3. The Morgan fingerprint density at radius 2 is 1.32 bits per heavy atom. The third kappa shape index (κ3) is 2.43. The molecular weight excluding hydrogens is 271 g/mol. The summed E-state index contributed by atoms with van der Waals surface area (Å²) in [6, 6.07) is 7.13. The predicted molar refractivity (Wildman–Crippen MR) is 90.7 cm³/mol. The second kappa shape index (κ2) is 4.85. The molecule has 4 rings (SSSR count). The first-order chi connectivity index (χ1) is 10.4. The summed E-state index contributed by atoms with van der Waals surface area (Å²) in [4.78, 5) is 0. The molecule has 0 N–H and O–H groups in total. The molecule has 2 saturated carbocycles. The molecule has 0 unspecified atom stereocenters. The van der Waals surface area contributed by atoms with E-state index in [0.717, 1.165) is 11.8 Å². The van der Waals surface area contributed by atoms with E-state index in [9.17, 15) is 0 Å². The monoisotopic (exact) mass is 298 g/mol. The maximum atomic E-state index is 6.27. The van der Waals surface area contributed by atoms with Crippen LogP contribution in [0.1, 0.15) is 82.8 Å². The second-order valence-corrected chi connectivity index (χ2v) is 8.42. The van der Waals surface area contributed by atoms with E-state index in [1.165, 1.54) is 48.7 Å². The summed E-state index contributed by atoms with van der Waals surface area (Å²) in [5, 5.41) is 0. The van der Waals surface area contributed by atoms with Crippen molar-refractivity contribution in [1.82, 2.24) is 0 Å². The molecule has 3 heteroatoms. The molecule has 22 heavy (non-hydrogen) atoms. The van der Waals surface area contributed by atoms with E-state index in [2.05, 4.69) is 45.9 Å². The number of benzene rings is 1. The summed E-state index contributed by atoms with van der Waals surface area (Å²) in [7, 11) is -0.220. The summed E-state index contributed by atoms with van der Waals surface area (Å²) in [6.45, 7) is 8.52. The highest BCUT2D eigenvalue weighted by molar-refractivity contribution is 6.62. The molecule has 0 aromatic heterocycles. The third-order valence-corrected chi connectivity index (χ3v) is 6.15. The fraction of sp³-hybridized carbons (Fsp3) is 0.684. The Kier molecular flexibility index (Phi) is 3.26. The van der Waals surface area contributed by atoms with Gasteiger partial charge in [0.25, 0.3) is 0 Å². The van der Waals surface area contributed by atoms with E-state index in [-0.39, 0.29) is 18.3 Å². The number of hydrogen-bond donors (Lipinski definition) is 0. The Labute approximate surface area is 134 Å². The Bertz CT molecular complexity index is 569. The van der Waals surface area contributed by atoms with Crippen LogP contribution in [-0.2, 0) is 9.31 Å². The van der Waals surface area contributed by atoms with Gasteiger partial charge in [-0.25, -0.2) is 0 Å². The lowest BCUT2D eigenvalue weighted by Crippen LogP contribution is -2.41. The van der Waals surface area contributed by atoms with Crippen LogP contribution in [0.2, 0.25) is 0 Å². The maximum absolute atomic E-state index is 6.27. The highest BCUT2D eigenvalue weighted by Crippen LogP contribution is 2.43. The second-order valence-electron chi connectivity index (χ2n) is 8.42. The van der Waals surface area contributed by atoms with E-state index in [1.807, 2.05) is 0 Å². The van der Waals surface area contributed by atoms with Gasteiger partial charge in [0.15, 0.2) is 0 Å². The molecule has 1 heterocycles. The molecule has 1 saturated heterocycles. The van der Waals surface area contributed by atoms with Gasteiger partial charge in [0.2, 0.25) is 0 Å². The zero-order valence-corrected chi connectivity index (χ0v) is 14.3. The minimum atomic E-state index is -0.260. The molecule has 0 bridgehead atoms. The standard InChI is InChI=1S/C19H27BO2/c1-18(2)19(3,4)22-20(21-18)17-11-15(13-6-5-7-13)10-16(12-17)14-8-9-14/h10-14H,5-9H2,1-4H3. The van der Waals surface area contributed by atoms with Crippen molar-refractivity contribution in [3.63, 3.8) is 0 Å².